The number of rotatable bonds is 4. The van der Waals surface area contributed by atoms with Gasteiger partial charge in [0.25, 0.3) is 0 Å². The lowest BCUT2D eigenvalue weighted by Gasteiger charge is -2.37. The predicted molar refractivity (Wildman–Crippen MR) is 101 cm³/mol. The second-order valence-corrected chi connectivity index (χ2v) is 7.70. The highest BCUT2D eigenvalue weighted by atomic mass is 35.5. The molecule has 2 aliphatic heterocycles. The summed E-state index contributed by atoms with van der Waals surface area (Å²) < 4.78 is 0. The molecule has 0 N–H and O–H groups in total. The van der Waals surface area contributed by atoms with Crippen LogP contribution in [0.3, 0.4) is 0 Å². The molecule has 0 saturated carbocycles. The smallest absolute Gasteiger partial charge is 0.222 e. The number of benzene rings is 1. The van der Waals surface area contributed by atoms with Crippen LogP contribution in [-0.2, 0) is 4.79 Å². The highest BCUT2D eigenvalue weighted by molar-refractivity contribution is 6.33. The molecule has 0 atom stereocenters. The molecule has 2 saturated heterocycles. The SMILES string of the molecule is CC(C)CC(=O)N1CCN(c2ccc(N3CCCC3)cc2Cl)CC1. The van der Waals surface area contributed by atoms with Crippen LogP contribution in [0.4, 0.5) is 11.4 Å². The molecule has 0 unspecified atom stereocenters. The summed E-state index contributed by atoms with van der Waals surface area (Å²) in [6.45, 7) is 9.73. The summed E-state index contributed by atoms with van der Waals surface area (Å²) in [5.74, 6) is 0.697. The zero-order valence-electron chi connectivity index (χ0n) is 14.8. The number of amides is 1. The first-order valence-corrected chi connectivity index (χ1v) is 9.49. The van der Waals surface area contributed by atoms with E-state index in [0.717, 1.165) is 50.0 Å². The Morgan fingerprint density at radius 1 is 1.04 bits per heavy atom. The number of halogens is 1. The van der Waals surface area contributed by atoms with Gasteiger partial charge in [-0.3, -0.25) is 4.79 Å². The van der Waals surface area contributed by atoms with Crippen molar-refractivity contribution in [2.24, 2.45) is 5.92 Å². The van der Waals surface area contributed by atoms with Crippen molar-refractivity contribution in [1.82, 2.24) is 4.90 Å². The lowest BCUT2D eigenvalue weighted by atomic mass is 10.1. The van der Waals surface area contributed by atoms with Gasteiger partial charge in [0.1, 0.15) is 0 Å². The van der Waals surface area contributed by atoms with Crippen molar-refractivity contribution < 1.29 is 4.79 Å². The van der Waals surface area contributed by atoms with Crippen molar-refractivity contribution in [1.29, 1.82) is 0 Å². The average molecular weight is 350 g/mol. The zero-order valence-corrected chi connectivity index (χ0v) is 15.6. The molecule has 5 heteroatoms. The fraction of sp³-hybridized carbons (Fsp3) is 0.632. The molecule has 0 radical (unpaired) electrons. The van der Waals surface area contributed by atoms with E-state index in [1.807, 2.05) is 4.90 Å². The molecular weight excluding hydrogens is 322 g/mol. The molecule has 1 aromatic rings. The van der Waals surface area contributed by atoms with E-state index in [-0.39, 0.29) is 5.91 Å². The van der Waals surface area contributed by atoms with Crippen LogP contribution < -0.4 is 9.80 Å². The molecule has 0 aromatic heterocycles. The molecule has 2 fully saturated rings. The van der Waals surface area contributed by atoms with Crippen LogP contribution in [0.5, 0.6) is 0 Å². The summed E-state index contributed by atoms with van der Waals surface area (Å²) in [4.78, 5) is 18.9. The van der Waals surface area contributed by atoms with Gasteiger partial charge in [-0.05, 0) is 37.0 Å². The second-order valence-electron chi connectivity index (χ2n) is 7.30. The number of hydrogen-bond acceptors (Lipinski definition) is 3. The van der Waals surface area contributed by atoms with Crippen LogP contribution in [0.1, 0.15) is 33.1 Å². The molecule has 132 valence electrons. The number of carbonyl (C=O) groups is 1. The van der Waals surface area contributed by atoms with Crippen LogP contribution >= 0.6 is 11.6 Å². The summed E-state index contributed by atoms with van der Waals surface area (Å²) in [5, 5.41) is 0.821. The van der Waals surface area contributed by atoms with E-state index < -0.39 is 0 Å². The molecule has 1 aromatic carbocycles. The van der Waals surface area contributed by atoms with Gasteiger partial charge in [0.05, 0.1) is 10.7 Å². The van der Waals surface area contributed by atoms with Gasteiger partial charge in [-0.25, -0.2) is 0 Å². The molecule has 1 amide bonds. The van der Waals surface area contributed by atoms with E-state index in [4.69, 9.17) is 11.6 Å². The zero-order chi connectivity index (χ0) is 17.1. The maximum absolute atomic E-state index is 12.2. The van der Waals surface area contributed by atoms with Crippen molar-refractivity contribution in [3.05, 3.63) is 23.2 Å². The van der Waals surface area contributed by atoms with Gasteiger partial charge in [0, 0.05) is 51.4 Å². The summed E-state index contributed by atoms with van der Waals surface area (Å²) >= 11 is 6.56. The van der Waals surface area contributed by atoms with Gasteiger partial charge in [-0.1, -0.05) is 25.4 Å². The molecule has 2 heterocycles. The van der Waals surface area contributed by atoms with E-state index in [1.165, 1.54) is 18.5 Å². The van der Waals surface area contributed by atoms with Gasteiger partial charge in [-0.2, -0.15) is 0 Å². The van der Waals surface area contributed by atoms with Crippen LogP contribution in [0, 0.1) is 5.92 Å². The minimum absolute atomic E-state index is 0.278. The van der Waals surface area contributed by atoms with Crippen molar-refractivity contribution in [3.63, 3.8) is 0 Å². The van der Waals surface area contributed by atoms with Crippen molar-refractivity contribution in [2.75, 3.05) is 49.1 Å². The fourth-order valence-electron chi connectivity index (χ4n) is 3.60. The fourth-order valence-corrected chi connectivity index (χ4v) is 3.89. The van der Waals surface area contributed by atoms with Gasteiger partial charge >= 0.3 is 0 Å². The van der Waals surface area contributed by atoms with Crippen LogP contribution in [-0.4, -0.2) is 50.1 Å². The average Bonchev–Trinajstić information content (AvgIpc) is 3.09. The quantitative estimate of drug-likeness (QED) is 0.830. The summed E-state index contributed by atoms with van der Waals surface area (Å²) in [7, 11) is 0. The number of anilines is 2. The maximum Gasteiger partial charge on any atom is 0.222 e. The van der Waals surface area contributed by atoms with Crippen LogP contribution in [0.25, 0.3) is 0 Å². The molecule has 3 rings (SSSR count). The topological polar surface area (TPSA) is 26.8 Å². The third kappa shape index (κ3) is 3.97. The highest BCUT2D eigenvalue weighted by Gasteiger charge is 2.23. The first kappa shape index (κ1) is 17.4. The molecule has 0 aliphatic carbocycles. The summed E-state index contributed by atoms with van der Waals surface area (Å²) in [5.41, 5.74) is 2.32. The standard InChI is InChI=1S/C19H28ClN3O/c1-15(2)13-19(24)23-11-9-22(10-12-23)18-6-5-16(14-17(18)20)21-7-3-4-8-21/h5-6,14-15H,3-4,7-13H2,1-2H3. The van der Waals surface area contributed by atoms with E-state index in [2.05, 4.69) is 41.8 Å². The Bertz CT molecular complexity index is 576. The Morgan fingerprint density at radius 2 is 1.71 bits per heavy atom. The van der Waals surface area contributed by atoms with Crippen molar-refractivity contribution >= 4 is 28.9 Å². The van der Waals surface area contributed by atoms with Crippen molar-refractivity contribution in [2.45, 2.75) is 33.1 Å². The largest absolute Gasteiger partial charge is 0.371 e. The summed E-state index contributed by atoms with van der Waals surface area (Å²) in [6.07, 6.45) is 3.18. The summed E-state index contributed by atoms with van der Waals surface area (Å²) in [6, 6.07) is 6.42. The van der Waals surface area contributed by atoms with Crippen molar-refractivity contribution in [3.8, 4) is 0 Å². The van der Waals surface area contributed by atoms with E-state index >= 15 is 0 Å². The van der Waals surface area contributed by atoms with Gasteiger partial charge < -0.3 is 14.7 Å². The van der Waals surface area contributed by atoms with Crippen LogP contribution in [0.15, 0.2) is 18.2 Å². The Hall–Kier alpha value is -1.42. The van der Waals surface area contributed by atoms with E-state index in [0.29, 0.717) is 12.3 Å². The minimum atomic E-state index is 0.278. The predicted octanol–water partition coefficient (Wildman–Crippen LogP) is 3.63. The number of piperazine rings is 1. The van der Waals surface area contributed by atoms with E-state index in [9.17, 15) is 4.79 Å². The Labute approximate surface area is 150 Å². The normalized spacial score (nSPS) is 18.6. The third-order valence-electron chi connectivity index (χ3n) is 4.96. The second kappa shape index (κ2) is 7.64. The lowest BCUT2D eigenvalue weighted by molar-refractivity contribution is -0.132. The molecule has 0 spiro atoms. The lowest BCUT2D eigenvalue weighted by Crippen LogP contribution is -2.49. The third-order valence-corrected chi connectivity index (χ3v) is 5.26. The number of hydrogen-bond donors (Lipinski definition) is 0. The Morgan fingerprint density at radius 3 is 2.29 bits per heavy atom. The first-order valence-electron chi connectivity index (χ1n) is 9.12. The van der Waals surface area contributed by atoms with E-state index in [1.54, 1.807) is 0 Å². The van der Waals surface area contributed by atoms with Gasteiger partial charge in [0.15, 0.2) is 0 Å². The minimum Gasteiger partial charge on any atom is -0.371 e. The molecule has 4 nitrogen and oxygen atoms in total. The molecule has 24 heavy (non-hydrogen) atoms. The Balaban J connectivity index is 1.61. The molecular formula is C19H28ClN3O. The highest BCUT2D eigenvalue weighted by Crippen LogP contribution is 2.32. The molecule has 2 aliphatic rings. The number of carbonyl (C=O) groups excluding carboxylic acids is 1. The van der Waals surface area contributed by atoms with Crippen LogP contribution in [0.2, 0.25) is 5.02 Å². The number of nitrogens with zero attached hydrogens (tertiary/aromatic N) is 3. The Kier molecular flexibility index (Phi) is 5.54. The first-order chi connectivity index (χ1) is 11.5. The van der Waals surface area contributed by atoms with Gasteiger partial charge in [-0.15, -0.1) is 0 Å². The molecule has 0 bridgehead atoms. The maximum atomic E-state index is 12.2. The monoisotopic (exact) mass is 349 g/mol. The van der Waals surface area contributed by atoms with Gasteiger partial charge in [0.2, 0.25) is 5.91 Å².